The number of aliphatic hydroxyl groups is 2. The van der Waals surface area contributed by atoms with Gasteiger partial charge in [-0.15, -0.1) is 0 Å². The summed E-state index contributed by atoms with van der Waals surface area (Å²) in [6.07, 6.45) is 21.0. The minimum atomic E-state index is -2.07. The van der Waals surface area contributed by atoms with Crippen LogP contribution in [0.3, 0.4) is 0 Å². The average Bonchev–Trinajstić information content (AvgIpc) is 3.30. The van der Waals surface area contributed by atoms with Gasteiger partial charge < -0.3 is 19.7 Å². The average molecular weight is 717 g/mol. The summed E-state index contributed by atoms with van der Waals surface area (Å²) < 4.78 is 27.9. The molecule has 0 radical (unpaired) electrons. The predicted molar refractivity (Wildman–Crippen MR) is 194 cm³/mol. The van der Waals surface area contributed by atoms with Gasteiger partial charge in [0.15, 0.2) is 18.1 Å². The van der Waals surface area contributed by atoms with Crippen LogP contribution in [0.2, 0.25) is 0 Å². The second-order valence-corrected chi connectivity index (χ2v) is 16.6. The number of ether oxygens (including phenoxy) is 2. The molecule has 9 heteroatoms. The summed E-state index contributed by atoms with van der Waals surface area (Å²) in [5.41, 5.74) is -5.67. The molecule has 0 amide bonds. The predicted octanol–water partition coefficient (Wildman–Crippen LogP) is 8.25. The lowest BCUT2D eigenvalue weighted by Gasteiger charge is -2.62. The Kier molecular flexibility index (Phi) is 14.7. The first-order chi connectivity index (χ1) is 24.3. The van der Waals surface area contributed by atoms with Gasteiger partial charge in [-0.25, -0.2) is 4.39 Å². The van der Waals surface area contributed by atoms with Crippen LogP contribution in [0.1, 0.15) is 156 Å². The van der Waals surface area contributed by atoms with E-state index in [2.05, 4.69) is 6.92 Å². The molecule has 0 unspecified atom stereocenters. The first-order valence-electron chi connectivity index (χ1n) is 20.1. The second kappa shape index (κ2) is 18.1. The Balaban J connectivity index is 1.14. The van der Waals surface area contributed by atoms with E-state index in [4.69, 9.17) is 9.47 Å². The Morgan fingerprint density at radius 3 is 2.00 bits per heavy atom. The molecular formula is C42H65FO8. The maximum Gasteiger partial charge on any atom is 0.306 e. The molecule has 0 aromatic heterocycles. The van der Waals surface area contributed by atoms with Crippen molar-refractivity contribution in [2.45, 2.75) is 173 Å². The van der Waals surface area contributed by atoms with Crippen LogP contribution in [0, 0.1) is 28.6 Å². The maximum absolute atomic E-state index is 17.4. The molecule has 0 bridgehead atoms. The van der Waals surface area contributed by atoms with Crippen LogP contribution in [-0.2, 0) is 28.7 Å². The number of aliphatic hydroxyl groups excluding tert-OH is 1. The highest BCUT2D eigenvalue weighted by Crippen LogP contribution is 2.70. The Morgan fingerprint density at radius 1 is 0.863 bits per heavy atom. The monoisotopic (exact) mass is 716 g/mol. The fourth-order valence-electron chi connectivity index (χ4n) is 10.2. The molecule has 0 aromatic rings. The molecule has 2 N–H and O–H groups in total. The fraction of sp³-hybridized carbons (Fsp3) is 0.810. The van der Waals surface area contributed by atoms with Gasteiger partial charge in [-0.05, 0) is 63.0 Å². The maximum atomic E-state index is 17.4. The normalized spacial score (nSPS) is 33.9. The molecule has 8 atom stereocenters. The van der Waals surface area contributed by atoms with E-state index in [1.807, 2.05) is 0 Å². The first kappa shape index (κ1) is 41.4. The van der Waals surface area contributed by atoms with Crippen molar-refractivity contribution in [2.75, 3.05) is 13.2 Å². The van der Waals surface area contributed by atoms with Crippen LogP contribution >= 0.6 is 0 Å². The number of halogens is 1. The molecule has 0 aliphatic heterocycles. The SMILES string of the molecule is CCCCCCCCCCCCCCCCOC(=O)CCC(=O)OCC(=O)[C@@]1(O)[C@H](C)C[C@H]2[C@@H]3CCC4=CC(=O)C=C[C@]4(C)[C@@]3(F)[C@@H](O)C[C@@]21C. The van der Waals surface area contributed by atoms with Crippen LogP contribution < -0.4 is 0 Å². The number of alkyl halides is 1. The van der Waals surface area contributed by atoms with Crippen molar-refractivity contribution in [1.82, 2.24) is 0 Å². The third-order valence-electron chi connectivity index (χ3n) is 13.3. The summed E-state index contributed by atoms with van der Waals surface area (Å²) >= 11 is 0. The molecule has 0 saturated heterocycles. The number of unbranched alkanes of at least 4 members (excludes halogenated alkanes) is 13. The number of fused-ring (bicyclic) bond motifs is 5. The van der Waals surface area contributed by atoms with Crippen LogP contribution in [0.25, 0.3) is 0 Å². The lowest BCUT2D eigenvalue weighted by Crippen LogP contribution is -2.69. The zero-order valence-electron chi connectivity index (χ0n) is 31.8. The van der Waals surface area contributed by atoms with E-state index >= 15 is 4.39 Å². The van der Waals surface area contributed by atoms with Crippen LogP contribution in [-0.4, -0.2) is 64.3 Å². The first-order valence-corrected chi connectivity index (χ1v) is 20.1. The largest absolute Gasteiger partial charge is 0.466 e. The number of hydrogen-bond acceptors (Lipinski definition) is 8. The van der Waals surface area contributed by atoms with Gasteiger partial charge in [0.1, 0.15) is 5.60 Å². The minimum absolute atomic E-state index is 0.152. The summed E-state index contributed by atoms with van der Waals surface area (Å²) in [6, 6.07) is 0. The van der Waals surface area contributed by atoms with Crippen molar-refractivity contribution in [1.29, 1.82) is 0 Å². The summed E-state index contributed by atoms with van der Waals surface area (Å²) in [6.45, 7) is 7.10. The number of hydrogen-bond donors (Lipinski definition) is 2. The van der Waals surface area contributed by atoms with E-state index < -0.39 is 70.3 Å². The number of carbonyl (C=O) groups excluding carboxylic acids is 4. The molecular weight excluding hydrogens is 651 g/mol. The number of rotatable bonds is 21. The van der Waals surface area contributed by atoms with E-state index in [0.29, 0.717) is 31.4 Å². The van der Waals surface area contributed by atoms with Gasteiger partial charge in [-0.2, -0.15) is 0 Å². The van der Waals surface area contributed by atoms with Gasteiger partial charge in [-0.1, -0.05) is 116 Å². The summed E-state index contributed by atoms with van der Waals surface area (Å²) in [5, 5.41) is 23.6. The number of Topliss-reactive ketones (excluding diaryl/α,β-unsaturated/α-hetero) is 1. The Morgan fingerprint density at radius 2 is 1.41 bits per heavy atom. The quantitative estimate of drug-likeness (QED) is 0.0899. The van der Waals surface area contributed by atoms with E-state index in [0.717, 1.165) is 19.3 Å². The third-order valence-corrected chi connectivity index (χ3v) is 13.3. The summed E-state index contributed by atoms with van der Waals surface area (Å²) in [7, 11) is 0. The van der Waals surface area contributed by atoms with Crippen molar-refractivity contribution in [3.05, 3.63) is 23.8 Å². The molecule has 4 aliphatic carbocycles. The van der Waals surface area contributed by atoms with Gasteiger partial charge >= 0.3 is 11.9 Å². The van der Waals surface area contributed by atoms with Gasteiger partial charge in [0.25, 0.3) is 0 Å². The van der Waals surface area contributed by atoms with Gasteiger partial charge in [0, 0.05) is 16.7 Å². The Bertz CT molecular complexity index is 1290. The minimum Gasteiger partial charge on any atom is -0.466 e. The van der Waals surface area contributed by atoms with Crippen LogP contribution in [0.5, 0.6) is 0 Å². The van der Waals surface area contributed by atoms with E-state index in [-0.39, 0.29) is 25.0 Å². The molecule has 4 aliphatic rings. The second-order valence-electron chi connectivity index (χ2n) is 16.6. The number of allylic oxidation sites excluding steroid dienone is 4. The van der Waals surface area contributed by atoms with Crippen LogP contribution in [0.15, 0.2) is 23.8 Å². The smallest absolute Gasteiger partial charge is 0.306 e. The lowest BCUT2D eigenvalue weighted by atomic mass is 9.44. The van der Waals surface area contributed by atoms with Gasteiger partial charge in [-0.3, -0.25) is 19.2 Å². The topological polar surface area (TPSA) is 127 Å². The number of esters is 2. The number of carbonyl (C=O) groups is 4. The number of ketones is 2. The highest BCUT2D eigenvalue weighted by molar-refractivity contribution is 6.01. The summed E-state index contributed by atoms with van der Waals surface area (Å²) in [4.78, 5) is 50.5. The zero-order valence-corrected chi connectivity index (χ0v) is 31.8. The molecule has 8 nitrogen and oxygen atoms in total. The third kappa shape index (κ3) is 8.71. The van der Waals surface area contributed by atoms with Crippen molar-refractivity contribution in [2.24, 2.45) is 28.6 Å². The standard InChI is InChI=1S/C42H65FO8/c1-5-6-7-8-9-10-11-12-13-14-15-16-17-18-25-50-37(47)21-22-38(48)51-29-36(46)42(49)30(2)26-34-33-20-19-31-27-32(44)23-24-39(31,3)41(33,43)35(45)28-40(34,42)4/h23-24,27,30,33-35,45,49H,5-22,25-26,28-29H2,1-4H3/t30-,33+,34+,35+,39+,40+,41+,42+/m1/s1. The van der Waals surface area contributed by atoms with Crippen molar-refractivity contribution in [3.8, 4) is 0 Å². The van der Waals surface area contributed by atoms with E-state index in [1.165, 1.54) is 82.8 Å². The molecule has 0 aromatic carbocycles. The molecule has 51 heavy (non-hydrogen) atoms. The van der Waals surface area contributed by atoms with Gasteiger partial charge in [0.2, 0.25) is 5.78 Å². The molecule has 0 heterocycles. The summed E-state index contributed by atoms with van der Waals surface area (Å²) in [5.74, 6) is -3.73. The van der Waals surface area contributed by atoms with Crippen molar-refractivity contribution >= 4 is 23.5 Å². The Labute approximate surface area is 305 Å². The highest BCUT2D eigenvalue weighted by Gasteiger charge is 2.75. The molecule has 288 valence electrons. The van der Waals surface area contributed by atoms with E-state index in [1.54, 1.807) is 26.8 Å². The fourth-order valence-corrected chi connectivity index (χ4v) is 10.2. The molecule has 4 rings (SSSR count). The van der Waals surface area contributed by atoms with E-state index in [9.17, 15) is 29.4 Å². The molecule has 3 fully saturated rings. The van der Waals surface area contributed by atoms with Gasteiger partial charge in [0.05, 0.1) is 25.6 Å². The lowest BCUT2D eigenvalue weighted by molar-refractivity contribution is -0.220. The van der Waals surface area contributed by atoms with Crippen LogP contribution in [0.4, 0.5) is 4.39 Å². The highest BCUT2D eigenvalue weighted by atomic mass is 19.1. The van der Waals surface area contributed by atoms with Crippen molar-refractivity contribution < 1.29 is 43.3 Å². The zero-order chi connectivity index (χ0) is 37.3. The Hall–Kier alpha value is -2.39. The molecule has 3 saturated carbocycles. The van der Waals surface area contributed by atoms with Crippen molar-refractivity contribution in [3.63, 3.8) is 0 Å². The molecule has 0 spiro atoms.